The molecule has 35 heavy (non-hydrogen) atoms. The minimum absolute atomic E-state index is 0.00735. The van der Waals surface area contributed by atoms with Gasteiger partial charge >= 0.3 is 12.1 Å². The lowest BCUT2D eigenvalue weighted by Gasteiger charge is -2.20. The van der Waals surface area contributed by atoms with Gasteiger partial charge in [-0.05, 0) is 59.3 Å². The van der Waals surface area contributed by atoms with Crippen LogP contribution in [0.1, 0.15) is 56.6 Å². The smallest absolute Gasteiger partial charge is 0.407 e. The maximum atomic E-state index is 12.5. The first-order valence-electron chi connectivity index (χ1n) is 12.4. The number of carboxylic acid groups (broad SMARTS) is 1. The second-order valence-corrected chi connectivity index (χ2v) is 10.1. The fourth-order valence-corrected chi connectivity index (χ4v) is 5.02. The first-order valence-corrected chi connectivity index (χ1v) is 12.4. The number of fused-ring (bicyclic) bond motifs is 3. The summed E-state index contributed by atoms with van der Waals surface area (Å²) in [5.41, 5.74) is 4.66. The Morgan fingerprint density at radius 1 is 1.00 bits per heavy atom. The molecule has 0 aliphatic heterocycles. The number of alkyl carbamates (subject to hydrolysis) is 1. The molecular formula is C28H34N2O5. The van der Waals surface area contributed by atoms with Gasteiger partial charge in [-0.2, -0.15) is 0 Å². The molecule has 2 amide bonds. The first kappa shape index (κ1) is 24.8. The van der Waals surface area contributed by atoms with Gasteiger partial charge in [0.15, 0.2) is 0 Å². The number of aliphatic carboxylic acids is 1. The average Bonchev–Trinajstić information content (AvgIpc) is 3.62. The highest BCUT2D eigenvalue weighted by molar-refractivity contribution is 5.83. The average molecular weight is 479 g/mol. The van der Waals surface area contributed by atoms with Gasteiger partial charge in [0.1, 0.15) is 12.6 Å². The van der Waals surface area contributed by atoms with Gasteiger partial charge in [-0.25, -0.2) is 9.59 Å². The van der Waals surface area contributed by atoms with E-state index >= 15 is 0 Å². The Bertz CT molecular complexity index is 1030. The summed E-state index contributed by atoms with van der Waals surface area (Å²) in [6, 6.07) is 15.5. The molecule has 0 aromatic heterocycles. The molecule has 0 spiro atoms. The molecule has 4 rings (SSSR count). The predicted octanol–water partition coefficient (Wildman–Crippen LogP) is 4.56. The minimum Gasteiger partial charge on any atom is -0.480 e. The number of rotatable bonds is 11. The highest BCUT2D eigenvalue weighted by Gasteiger charge is 2.34. The Labute approximate surface area is 206 Å². The van der Waals surface area contributed by atoms with Crippen LogP contribution in [0, 0.1) is 17.8 Å². The fraction of sp³-hybridized carbons (Fsp3) is 0.464. The number of hydrogen-bond donors (Lipinski definition) is 3. The fourth-order valence-electron chi connectivity index (χ4n) is 5.02. The Kier molecular flexibility index (Phi) is 7.73. The van der Waals surface area contributed by atoms with E-state index in [1.807, 2.05) is 38.1 Å². The van der Waals surface area contributed by atoms with Crippen LogP contribution in [-0.2, 0) is 14.3 Å². The van der Waals surface area contributed by atoms with Gasteiger partial charge in [0, 0.05) is 18.9 Å². The normalized spacial score (nSPS) is 16.2. The summed E-state index contributed by atoms with van der Waals surface area (Å²) in [5.74, 6) is -0.832. The Balaban J connectivity index is 1.29. The summed E-state index contributed by atoms with van der Waals surface area (Å²) in [7, 11) is 0. The first-order chi connectivity index (χ1) is 16.8. The molecule has 2 aromatic carbocycles. The maximum Gasteiger partial charge on any atom is 0.407 e. The number of ether oxygens (including phenoxy) is 1. The summed E-state index contributed by atoms with van der Waals surface area (Å²) < 4.78 is 5.61. The standard InChI is InChI=1S/C28H34N2O5/c1-17(2)13-25(27(32)33)30-26(31)14-19(18-11-12-18)15-29-28(34)35-16-24-22-9-5-3-7-20(22)21-8-4-6-10-23(21)24/h3-10,17-19,24-25H,11-16H2,1-2H3,(H,29,34)(H,30,31)(H,32,33)/t19?,25-/m0/s1. The van der Waals surface area contributed by atoms with Crippen LogP contribution in [-0.4, -0.2) is 42.3 Å². The lowest BCUT2D eigenvalue weighted by atomic mass is 9.98. The minimum atomic E-state index is -1.02. The SMILES string of the molecule is CC(C)C[C@H](NC(=O)CC(CNC(=O)OCC1c2ccccc2-c2ccccc21)C1CC1)C(=O)O. The molecule has 0 heterocycles. The molecule has 3 N–H and O–H groups in total. The molecule has 7 nitrogen and oxygen atoms in total. The van der Waals surface area contributed by atoms with Gasteiger partial charge in [-0.3, -0.25) is 4.79 Å². The quantitative estimate of drug-likeness (QED) is 0.439. The second-order valence-electron chi connectivity index (χ2n) is 10.1. The number of amides is 2. The molecule has 7 heteroatoms. The zero-order chi connectivity index (χ0) is 24.9. The Hall–Kier alpha value is -3.35. The summed E-state index contributed by atoms with van der Waals surface area (Å²) >= 11 is 0. The van der Waals surface area contributed by atoms with Crippen molar-refractivity contribution in [3.63, 3.8) is 0 Å². The van der Waals surface area contributed by atoms with E-state index in [1.165, 1.54) is 11.1 Å². The Morgan fingerprint density at radius 3 is 2.14 bits per heavy atom. The molecule has 0 radical (unpaired) electrons. The van der Waals surface area contributed by atoms with Crippen LogP contribution in [0.3, 0.4) is 0 Å². The summed E-state index contributed by atoms with van der Waals surface area (Å²) in [6.07, 6.45) is 2.10. The number of benzene rings is 2. The lowest BCUT2D eigenvalue weighted by molar-refractivity contribution is -0.142. The third-order valence-electron chi connectivity index (χ3n) is 6.93. The van der Waals surface area contributed by atoms with E-state index in [9.17, 15) is 19.5 Å². The van der Waals surface area contributed by atoms with Gasteiger partial charge in [0.2, 0.25) is 5.91 Å². The van der Waals surface area contributed by atoms with Crippen LogP contribution in [0.5, 0.6) is 0 Å². The van der Waals surface area contributed by atoms with E-state index in [-0.39, 0.29) is 36.7 Å². The zero-order valence-electron chi connectivity index (χ0n) is 20.3. The molecule has 2 aliphatic carbocycles. The van der Waals surface area contributed by atoms with E-state index < -0.39 is 18.1 Å². The Morgan fingerprint density at radius 2 is 1.60 bits per heavy atom. The summed E-state index contributed by atoms with van der Waals surface area (Å²) in [5, 5.41) is 14.9. The van der Waals surface area contributed by atoms with Crippen LogP contribution >= 0.6 is 0 Å². The molecule has 1 unspecified atom stereocenters. The number of carboxylic acids is 1. The van der Waals surface area contributed by atoms with Crippen molar-refractivity contribution in [2.45, 2.75) is 51.5 Å². The van der Waals surface area contributed by atoms with Crippen molar-refractivity contribution in [3.8, 4) is 11.1 Å². The molecule has 2 aliphatic rings. The van der Waals surface area contributed by atoms with Gasteiger partial charge in [-0.15, -0.1) is 0 Å². The van der Waals surface area contributed by atoms with Crippen molar-refractivity contribution in [2.75, 3.05) is 13.2 Å². The molecule has 0 bridgehead atoms. The van der Waals surface area contributed by atoms with Gasteiger partial charge < -0.3 is 20.5 Å². The highest BCUT2D eigenvalue weighted by Crippen LogP contribution is 2.44. The van der Waals surface area contributed by atoms with Crippen LogP contribution < -0.4 is 10.6 Å². The molecule has 1 fully saturated rings. The van der Waals surface area contributed by atoms with Crippen molar-refractivity contribution in [3.05, 3.63) is 59.7 Å². The highest BCUT2D eigenvalue weighted by atomic mass is 16.5. The number of carbonyl (C=O) groups is 3. The van der Waals surface area contributed by atoms with Crippen molar-refractivity contribution >= 4 is 18.0 Å². The number of nitrogens with one attached hydrogen (secondary N) is 2. The van der Waals surface area contributed by atoms with Gasteiger partial charge in [-0.1, -0.05) is 62.4 Å². The summed E-state index contributed by atoms with van der Waals surface area (Å²) in [6.45, 7) is 4.42. The van der Waals surface area contributed by atoms with Crippen LogP contribution in [0.2, 0.25) is 0 Å². The second kappa shape index (κ2) is 10.9. The largest absolute Gasteiger partial charge is 0.480 e. The van der Waals surface area contributed by atoms with Crippen LogP contribution in [0.15, 0.2) is 48.5 Å². The molecule has 1 saturated carbocycles. The van der Waals surface area contributed by atoms with E-state index in [0.717, 1.165) is 24.0 Å². The third-order valence-corrected chi connectivity index (χ3v) is 6.93. The van der Waals surface area contributed by atoms with Crippen molar-refractivity contribution in [1.29, 1.82) is 0 Å². The topological polar surface area (TPSA) is 105 Å². The van der Waals surface area contributed by atoms with Crippen LogP contribution in [0.25, 0.3) is 11.1 Å². The van der Waals surface area contributed by atoms with Crippen LogP contribution in [0.4, 0.5) is 4.79 Å². The van der Waals surface area contributed by atoms with Crippen molar-refractivity contribution in [2.24, 2.45) is 17.8 Å². The van der Waals surface area contributed by atoms with E-state index in [4.69, 9.17) is 4.74 Å². The van der Waals surface area contributed by atoms with Gasteiger partial charge in [0.05, 0.1) is 0 Å². The molecule has 186 valence electrons. The summed E-state index contributed by atoms with van der Waals surface area (Å²) in [4.78, 5) is 36.5. The maximum absolute atomic E-state index is 12.5. The van der Waals surface area contributed by atoms with Gasteiger partial charge in [0.25, 0.3) is 0 Å². The molecular weight excluding hydrogens is 444 g/mol. The van der Waals surface area contributed by atoms with E-state index in [1.54, 1.807) is 0 Å². The number of carbonyl (C=O) groups excluding carboxylic acids is 2. The zero-order valence-corrected chi connectivity index (χ0v) is 20.3. The lowest BCUT2D eigenvalue weighted by Crippen LogP contribution is -2.43. The van der Waals surface area contributed by atoms with Crippen molar-refractivity contribution in [1.82, 2.24) is 10.6 Å². The molecule has 2 atom stereocenters. The predicted molar refractivity (Wildman–Crippen MR) is 133 cm³/mol. The number of hydrogen-bond acceptors (Lipinski definition) is 4. The monoisotopic (exact) mass is 478 g/mol. The molecule has 2 aromatic rings. The van der Waals surface area contributed by atoms with Crippen molar-refractivity contribution < 1.29 is 24.2 Å². The third kappa shape index (κ3) is 6.21. The van der Waals surface area contributed by atoms with E-state index in [0.29, 0.717) is 18.9 Å². The molecule has 0 saturated heterocycles. The van der Waals surface area contributed by atoms with E-state index in [2.05, 4.69) is 34.9 Å².